The first-order valence-corrected chi connectivity index (χ1v) is 11.8. The van der Waals surface area contributed by atoms with Crippen molar-refractivity contribution < 1.29 is 9.59 Å². The van der Waals surface area contributed by atoms with Crippen LogP contribution in [0.1, 0.15) is 28.3 Å². The van der Waals surface area contributed by atoms with Gasteiger partial charge in [0.1, 0.15) is 6.04 Å². The summed E-state index contributed by atoms with van der Waals surface area (Å²) in [5, 5.41) is 3.61. The smallest absolute Gasteiger partial charge is 0.247 e. The van der Waals surface area contributed by atoms with Crippen LogP contribution in [0, 0.1) is 0 Å². The van der Waals surface area contributed by atoms with Crippen LogP contribution in [0.3, 0.4) is 0 Å². The molecule has 0 radical (unpaired) electrons. The molecule has 176 valence electrons. The van der Waals surface area contributed by atoms with Gasteiger partial charge in [0, 0.05) is 30.5 Å². The Morgan fingerprint density at radius 2 is 1.46 bits per heavy atom. The zero-order chi connectivity index (χ0) is 24.5. The lowest BCUT2D eigenvalue weighted by Crippen LogP contribution is -2.43. The van der Waals surface area contributed by atoms with Crippen molar-refractivity contribution in [3.05, 3.63) is 137 Å². The molecule has 0 saturated carbocycles. The highest BCUT2D eigenvalue weighted by Crippen LogP contribution is 2.25. The fourth-order valence-corrected chi connectivity index (χ4v) is 4.00. The van der Waals surface area contributed by atoms with Gasteiger partial charge in [-0.25, -0.2) is 0 Å². The van der Waals surface area contributed by atoms with Gasteiger partial charge in [-0.1, -0.05) is 90.5 Å². The maximum absolute atomic E-state index is 13.7. The van der Waals surface area contributed by atoms with Crippen LogP contribution in [-0.4, -0.2) is 21.7 Å². The van der Waals surface area contributed by atoms with E-state index in [1.165, 1.54) is 0 Å². The lowest BCUT2D eigenvalue weighted by Gasteiger charge is -2.32. The molecule has 0 bridgehead atoms. The van der Waals surface area contributed by atoms with Crippen LogP contribution < -0.4 is 5.32 Å². The Kier molecular flexibility index (Phi) is 8.25. The average Bonchev–Trinajstić information content (AvgIpc) is 2.90. The predicted octanol–water partition coefficient (Wildman–Crippen LogP) is 5.36. The van der Waals surface area contributed by atoms with Crippen LogP contribution in [0.15, 0.2) is 109 Å². The fraction of sp³-hybridized carbons (Fsp3) is 0.138. The number of carbonyl (C=O) groups excluding carboxylic acids is 2. The molecule has 35 heavy (non-hydrogen) atoms. The van der Waals surface area contributed by atoms with E-state index in [4.69, 9.17) is 11.6 Å². The van der Waals surface area contributed by atoms with Crippen LogP contribution in [0.4, 0.5) is 0 Å². The Hall–Kier alpha value is -3.96. The summed E-state index contributed by atoms with van der Waals surface area (Å²) >= 11 is 6.08. The van der Waals surface area contributed by atoms with Gasteiger partial charge >= 0.3 is 0 Å². The van der Waals surface area contributed by atoms with E-state index < -0.39 is 6.04 Å². The molecule has 1 atom stereocenters. The molecule has 1 heterocycles. The molecule has 2 amide bonds. The molecule has 0 spiro atoms. The van der Waals surface area contributed by atoms with Gasteiger partial charge in [-0.2, -0.15) is 0 Å². The summed E-state index contributed by atoms with van der Waals surface area (Å²) in [6.45, 7) is 0.584. The van der Waals surface area contributed by atoms with Gasteiger partial charge in [0.25, 0.3) is 0 Å². The summed E-state index contributed by atoms with van der Waals surface area (Å²) < 4.78 is 0. The number of nitrogens with zero attached hydrogens (tertiary/aromatic N) is 2. The summed E-state index contributed by atoms with van der Waals surface area (Å²) in [5.74, 6) is -0.396. The average molecular weight is 484 g/mol. The number of carbonyl (C=O) groups is 2. The van der Waals surface area contributed by atoms with Crippen molar-refractivity contribution in [3.63, 3.8) is 0 Å². The SMILES string of the molecule is O=C(NCc1cccnc1)C(c1ccccc1)N(Cc1ccc(Cl)cc1)C(=O)Cc1ccccc1. The first kappa shape index (κ1) is 24.2. The first-order valence-electron chi connectivity index (χ1n) is 11.4. The van der Waals surface area contributed by atoms with E-state index >= 15 is 0 Å². The Balaban J connectivity index is 1.66. The van der Waals surface area contributed by atoms with E-state index in [1.54, 1.807) is 29.4 Å². The third kappa shape index (κ3) is 6.78. The van der Waals surface area contributed by atoms with E-state index in [-0.39, 0.29) is 24.8 Å². The second kappa shape index (κ2) is 12.0. The minimum absolute atomic E-state index is 0.142. The van der Waals surface area contributed by atoms with Gasteiger partial charge < -0.3 is 10.2 Å². The maximum Gasteiger partial charge on any atom is 0.247 e. The normalized spacial score (nSPS) is 11.5. The molecule has 6 heteroatoms. The summed E-state index contributed by atoms with van der Waals surface area (Å²) in [7, 11) is 0. The van der Waals surface area contributed by atoms with E-state index in [9.17, 15) is 9.59 Å². The molecule has 0 aliphatic heterocycles. The number of halogens is 1. The Morgan fingerprint density at radius 3 is 2.11 bits per heavy atom. The summed E-state index contributed by atoms with van der Waals surface area (Å²) in [4.78, 5) is 33.1. The van der Waals surface area contributed by atoms with Gasteiger partial charge in [0.05, 0.1) is 6.42 Å². The second-order valence-electron chi connectivity index (χ2n) is 8.20. The van der Waals surface area contributed by atoms with Crippen molar-refractivity contribution in [2.24, 2.45) is 0 Å². The molecule has 0 aliphatic rings. The number of aromatic nitrogens is 1. The molecular formula is C29H26ClN3O2. The summed E-state index contributed by atoms with van der Waals surface area (Å²) in [6.07, 6.45) is 3.59. The highest BCUT2D eigenvalue weighted by Gasteiger charge is 2.31. The third-order valence-corrected chi connectivity index (χ3v) is 5.90. The van der Waals surface area contributed by atoms with Gasteiger partial charge in [0.2, 0.25) is 11.8 Å². The van der Waals surface area contributed by atoms with Crippen molar-refractivity contribution >= 4 is 23.4 Å². The Morgan fingerprint density at radius 1 is 0.800 bits per heavy atom. The monoisotopic (exact) mass is 483 g/mol. The molecule has 0 fully saturated rings. The van der Waals surface area contributed by atoms with E-state index in [0.29, 0.717) is 11.6 Å². The molecule has 1 aromatic heterocycles. The predicted molar refractivity (Wildman–Crippen MR) is 137 cm³/mol. The molecular weight excluding hydrogens is 458 g/mol. The lowest BCUT2D eigenvalue weighted by atomic mass is 10.0. The van der Waals surface area contributed by atoms with Crippen molar-refractivity contribution in [2.45, 2.75) is 25.6 Å². The largest absolute Gasteiger partial charge is 0.350 e. The van der Waals surface area contributed by atoms with Gasteiger partial charge in [-0.3, -0.25) is 14.6 Å². The van der Waals surface area contributed by atoms with Crippen LogP contribution in [0.2, 0.25) is 5.02 Å². The highest BCUT2D eigenvalue weighted by molar-refractivity contribution is 6.30. The molecule has 0 aliphatic carbocycles. The van der Waals surface area contributed by atoms with Crippen LogP contribution in [0.5, 0.6) is 0 Å². The molecule has 3 aromatic carbocycles. The van der Waals surface area contributed by atoms with E-state index in [2.05, 4.69) is 10.3 Å². The second-order valence-corrected chi connectivity index (χ2v) is 8.64. The minimum atomic E-state index is -0.806. The van der Waals surface area contributed by atoms with Gasteiger partial charge in [-0.15, -0.1) is 0 Å². The molecule has 1 unspecified atom stereocenters. The Bertz CT molecular complexity index is 1230. The van der Waals surface area contributed by atoms with Crippen molar-refractivity contribution in [3.8, 4) is 0 Å². The van der Waals surface area contributed by atoms with Crippen LogP contribution in [0.25, 0.3) is 0 Å². The molecule has 0 saturated heterocycles. The molecule has 4 rings (SSSR count). The standard InChI is InChI=1S/C29H26ClN3O2/c30-26-15-13-23(14-16-26)21-33(27(34)18-22-8-3-1-4-9-22)28(25-11-5-2-6-12-25)29(35)32-20-24-10-7-17-31-19-24/h1-17,19,28H,18,20-21H2,(H,32,35). The molecule has 1 N–H and O–H groups in total. The van der Waals surface area contributed by atoms with Gasteiger partial charge in [0.15, 0.2) is 0 Å². The molecule has 4 aromatic rings. The highest BCUT2D eigenvalue weighted by atomic mass is 35.5. The number of nitrogens with one attached hydrogen (secondary N) is 1. The van der Waals surface area contributed by atoms with Crippen LogP contribution in [-0.2, 0) is 29.1 Å². The summed E-state index contributed by atoms with van der Waals surface area (Å²) in [6, 6.07) is 29.2. The van der Waals surface area contributed by atoms with Crippen molar-refractivity contribution in [1.29, 1.82) is 0 Å². The number of hydrogen-bond acceptors (Lipinski definition) is 3. The number of benzene rings is 3. The van der Waals surface area contributed by atoms with E-state index in [0.717, 1.165) is 22.3 Å². The number of hydrogen-bond donors (Lipinski definition) is 1. The lowest BCUT2D eigenvalue weighted by molar-refractivity contribution is -0.141. The topological polar surface area (TPSA) is 62.3 Å². The minimum Gasteiger partial charge on any atom is -0.350 e. The zero-order valence-corrected chi connectivity index (χ0v) is 19.9. The van der Waals surface area contributed by atoms with Crippen molar-refractivity contribution in [2.75, 3.05) is 0 Å². The van der Waals surface area contributed by atoms with E-state index in [1.807, 2.05) is 84.9 Å². The molecule has 5 nitrogen and oxygen atoms in total. The number of rotatable bonds is 9. The van der Waals surface area contributed by atoms with Crippen LogP contribution >= 0.6 is 11.6 Å². The zero-order valence-electron chi connectivity index (χ0n) is 19.2. The van der Waals surface area contributed by atoms with Crippen molar-refractivity contribution in [1.82, 2.24) is 15.2 Å². The quantitative estimate of drug-likeness (QED) is 0.348. The first-order chi connectivity index (χ1) is 17.1. The number of amides is 2. The third-order valence-electron chi connectivity index (χ3n) is 5.65. The van der Waals surface area contributed by atoms with Gasteiger partial charge in [-0.05, 0) is 40.5 Å². The summed E-state index contributed by atoms with van der Waals surface area (Å²) in [5.41, 5.74) is 3.40. The number of pyridine rings is 1. The fourth-order valence-electron chi connectivity index (χ4n) is 3.88. The maximum atomic E-state index is 13.7. The Labute approximate surface area is 210 Å².